The first-order valence-corrected chi connectivity index (χ1v) is 7.68. The minimum Gasteiger partial charge on any atom is -0.306 e. The topological polar surface area (TPSA) is 24.9 Å². The van der Waals surface area contributed by atoms with E-state index in [2.05, 4.69) is 42.3 Å². The third kappa shape index (κ3) is 3.67. The second-order valence-electron chi connectivity index (χ2n) is 4.94. The van der Waals surface area contributed by atoms with E-state index in [1.165, 1.54) is 4.70 Å². The van der Waals surface area contributed by atoms with Gasteiger partial charge >= 0.3 is 0 Å². The molecule has 0 radical (unpaired) electrons. The zero-order valence-electron chi connectivity index (χ0n) is 10.8. The second kappa shape index (κ2) is 6.50. The fourth-order valence-electron chi connectivity index (χ4n) is 2.00. The molecule has 0 aliphatic carbocycles. The van der Waals surface area contributed by atoms with Crippen molar-refractivity contribution in [1.82, 2.24) is 10.3 Å². The molecule has 98 valence electrons. The molecule has 0 bridgehead atoms. The van der Waals surface area contributed by atoms with Crippen molar-refractivity contribution >= 4 is 33.2 Å². The first kappa shape index (κ1) is 13.8. The van der Waals surface area contributed by atoms with Gasteiger partial charge in [-0.15, -0.1) is 22.9 Å². The van der Waals surface area contributed by atoms with E-state index in [1.807, 2.05) is 6.07 Å². The second-order valence-corrected chi connectivity index (χ2v) is 6.36. The predicted octanol–water partition coefficient (Wildman–Crippen LogP) is 4.04. The Morgan fingerprint density at radius 2 is 2.11 bits per heavy atom. The minimum absolute atomic E-state index is 0.374. The Balaban J connectivity index is 1.96. The van der Waals surface area contributed by atoms with Gasteiger partial charge < -0.3 is 5.32 Å². The summed E-state index contributed by atoms with van der Waals surface area (Å²) in [5.74, 6) is 1.32. The fourth-order valence-corrected chi connectivity index (χ4v) is 3.15. The lowest BCUT2D eigenvalue weighted by Crippen LogP contribution is -2.31. The summed E-state index contributed by atoms with van der Waals surface area (Å²) in [4.78, 5) is 4.61. The molecule has 0 spiro atoms. The number of hydrogen-bond acceptors (Lipinski definition) is 3. The van der Waals surface area contributed by atoms with Crippen LogP contribution in [0.3, 0.4) is 0 Å². The van der Waals surface area contributed by atoms with Crippen LogP contribution in [-0.2, 0) is 6.54 Å². The van der Waals surface area contributed by atoms with Crippen molar-refractivity contribution in [2.75, 3.05) is 5.88 Å². The van der Waals surface area contributed by atoms with Crippen molar-refractivity contribution in [3.8, 4) is 0 Å². The molecule has 4 heteroatoms. The summed E-state index contributed by atoms with van der Waals surface area (Å²) in [5, 5.41) is 4.63. The van der Waals surface area contributed by atoms with Gasteiger partial charge in [0.1, 0.15) is 5.01 Å². The Morgan fingerprint density at radius 3 is 2.78 bits per heavy atom. The summed E-state index contributed by atoms with van der Waals surface area (Å²) in [5.41, 5.74) is 1.09. The summed E-state index contributed by atoms with van der Waals surface area (Å²) in [6.07, 6.45) is 1.11. The van der Waals surface area contributed by atoms with Gasteiger partial charge in [0.15, 0.2) is 0 Å². The third-order valence-electron chi connectivity index (χ3n) is 2.82. The van der Waals surface area contributed by atoms with Crippen LogP contribution in [0.15, 0.2) is 24.3 Å². The molecule has 1 heterocycles. The first-order valence-electron chi connectivity index (χ1n) is 6.33. The van der Waals surface area contributed by atoms with Crippen LogP contribution in [0.4, 0.5) is 0 Å². The molecule has 1 aromatic heterocycles. The van der Waals surface area contributed by atoms with Crippen LogP contribution in [0.5, 0.6) is 0 Å². The number of halogens is 1. The minimum atomic E-state index is 0.374. The summed E-state index contributed by atoms with van der Waals surface area (Å²) in [6.45, 7) is 5.25. The predicted molar refractivity (Wildman–Crippen MR) is 80.4 cm³/mol. The molecule has 2 rings (SSSR count). The fraction of sp³-hybridized carbons (Fsp3) is 0.500. The molecule has 0 saturated heterocycles. The molecule has 0 aliphatic heterocycles. The smallest absolute Gasteiger partial charge is 0.108 e. The van der Waals surface area contributed by atoms with E-state index >= 15 is 0 Å². The van der Waals surface area contributed by atoms with Crippen molar-refractivity contribution in [3.63, 3.8) is 0 Å². The normalized spacial score (nSPS) is 13.3. The van der Waals surface area contributed by atoms with Crippen LogP contribution in [0.1, 0.15) is 25.3 Å². The molecule has 2 aromatic rings. The highest BCUT2D eigenvalue weighted by molar-refractivity contribution is 7.18. The molecule has 0 saturated carbocycles. The number of alkyl halides is 1. The molecule has 2 nitrogen and oxygen atoms in total. The van der Waals surface area contributed by atoms with Gasteiger partial charge in [0.05, 0.1) is 10.2 Å². The van der Waals surface area contributed by atoms with E-state index in [9.17, 15) is 0 Å². The standard InChI is InChI=1S/C14H19ClN2S/c1-10(2)7-11(8-15)16-9-14-17-12-5-3-4-6-13(12)18-14/h3-6,10-11,16H,7-9H2,1-2H3. The van der Waals surface area contributed by atoms with Gasteiger partial charge in [-0.05, 0) is 24.5 Å². The van der Waals surface area contributed by atoms with E-state index in [4.69, 9.17) is 11.6 Å². The van der Waals surface area contributed by atoms with Crippen molar-refractivity contribution in [1.29, 1.82) is 0 Å². The van der Waals surface area contributed by atoms with Crippen LogP contribution in [0.2, 0.25) is 0 Å². The van der Waals surface area contributed by atoms with Crippen LogP contribution in [0, 0.1) is 5.92 Å². The highest BCUT2D eigenvalue weighted by Gasteiger charge is 2.10. The number of aromatic nitrogens is 1. The van der Waals surface area contributed by atoms with E-state index in [0.717, 1.165) is 23.5 Å². The third-order valence-corrected chi connectivity index (χ3v) is 4.23. The van der Waals surface area contributed by atoms with Gasteiger partial charge in [0, 0.05) is 18.5 Å². The Morgan fingerprint density at radius 1 is 1.33 bits per heavy atom. The SMILES string of the molecule is CC(C)CC(CCl)NCc1nc2ccccc2s1. The van der Waals surface area contributed by atoms with Crippen LogP contribution < -0.4 is 5.32 Å². The van der Waals surface area contributed by atoms with Gasteiger partial charge in [0.25, 0.3) is 0 Å². The van der Waals surface area contributed by atoms with Gasteiger partial charge in [-0.1, -0.05) is 26.0 Å². The molecule has 0 aliphatic rings. The lowest BCUT2D eigenvalue weighted by Gasteiger charge is -2.17. The first-order chi connectivity index (χ1) is 8.69. The summed E-state index contributed by atoms with van der Waals surface area (Å²) >= 11 is 7.73. The zero-order valence-corrected chi connectivity index (χ0v) is 12.4. The Bertz CT molecular complexity index is 462. The number of para-hydroxylation sites is 1. The van der Waals surface area contributed by atoms with Crippen LogP contribution in [-0.4, -0.2) is 16.9 Å². The van der Waals surface area contributed by atoms with Gasteiger partial charge in [-0.3, -0.25) is 0 Å². The van der Waals surface area contributed by atoms with Gasteiger partial charge in [-0.25, -0.2) is 4.98 Å². The van der Waals surface area contributed by atoms with Crippen molar-refractivity contribution in [2.24, 2.45) is 5.92 Å². The lowest BCUT2D eigenvalue weighted by molar-refractivity contribution is 0.444. The maximum Gasteiger partial charge on any atom is 0.108 e. The van der Waals surface area contributed by atoms with E-state index < -0.39 is 0 Å². The molecular formula is C14H19ClN2S. The number of nitrogens with one attached hydrogen (secondary N) is 1. The number of benzene rings is 1. The molecule has 1 unspecified atom stereocenters. The average Bonchev–Trinajstić information content (AvgIpc) is 2.76. The number of nitrogens with zero attached hydrogens (tertiary/aromatic N) is 1. The highest BCUT2D eigenvalue weighted by atomic mass is 35.5. The quantitative estimate of drug-likeness (QED) is 0.809. The average molecular weight is 283 g/mol. The highest BCUT2D eigenvalue weighted by Crippen LogP contribution is 2.21. The molecule has 1 aromatic carbocycles. The largest absolute Gasteiger partial charge is 0.306 e. The van der Waals surface area contributed by atoms with Gasteiger partial charge in [0.2, 0.25) is 0 Å². The number of rotatable bonds is 6. The van der Waals surface area contributed by atoms with Crippen LogP contribution >= 0.6 is 22.9 Å². The number of fused-ring (bicyclic) bond motifs is 1. The van der Waals surface area contributed by atoms with Crippen LogP contribution in [0.25, 0.3) is 10.2 Å². The van der Waals surface area contributed by atoms with E-state index in [-0.39, 0.29) is 0 Å². The summed E-state index contributed by atoms with van der Waals surface area (Å²) in [7, 11) is 0. The van der Waals surface area contributed by atoms with E-state index in [1.54, 1.807) is 11.3 Å². The molecule has 0 amide bonds. The van der Waals surface area contributed by atoms with Crippen molar-refractivity contribution in [3.05, 3.63) is 29.3 Å². The Hall–Kier alpha value is -0.640. The molecular weight excluding hydrogens is 264 g/mol. The Labute approximate surface area is 117 Å². The summed E-state index contributed by atoms with van der Waals surface area (Å²) in [6, 6.07) is 8.63. The maximum atomic E-state index is 5.98. The Kier molecular flexibility index (Phi) is 4.98. The number of hydrogen-bond donors (Lipinski definition) is 1. The van der Waals surface area contributed by atoms with Gasteiger partial charge in [-0.2, -0.15) is 0 Å². The molecule has 0 fully saturated rings. The number of thiazole rings is 1. The lowest BCUT2D eigenvalue weighted by atomic mass is 10.1. The van der Waals surface area contributed by atoms with Crippen molar-refractivity contribution in [2.45, 2.75) is 32.9 Å². The van der Waals surface area contributed by atoms with E-state index in [0.29, 0.717) is 17.8 Å². The molecule has 1 N–H and O–H groups in total. The molecule has 1 atom stereocenters. The van der Waals surface area contributed by atoms with Crippen molar-refractivity contribution < 1.29 is 0 Å². The monoisotopic (exact) mass is 282 g/mol. The summed E-state index contributed by atoms with van der Waals surface area (Å²) < 4.78 is 1.25. The zero-order chi connectivity index (χ0) is 13.0. The maximum absolute atomic E-state index is 5.98. The molecule has 18 heavy (non-hydrogen) atoms.